The van der Waals surface area contributed by atoms with Crippen LogP contribution in [0.2, 0.25) is 0 Å². The Morgan fingerprint density at radius 2 is 1.12 bits per heavy atom. The molecule has 350 valence electrons. The molecule has 0 bridgehead atoms. The zero-order chi connectivity index (χ0) is 43.4. The van der Waals surface area contributed by atoms with E-state index in [0.717, 1.165) is 89.6 Å². The van der Waals surface area contributed by atoms with Crippen LogP contribution in [0.3, 0.4) is 0 Å². The van der Waals surface area contributed by atoms with Crippen LogP contribution in [0.15, 0.2) is 36.6 Å². The number of amides is 1. The fourth-order valence-corrected chi connectivity index (χ4v) is 7.26. The van der Waals surface area contributed by atoms with Gasteiger partial charge in [0.15, 0.2) is 6.29 Å². The molecule has 1 fully saturated rings. The Hall–Kier alpha value is -2.36. The minimum absolute atomic E-state index is 0.0908. The third-order valence-corrected chi connectivity index (χ3v) is 11.2. The highest BCUT2D eigenvalue weighted by Gasteiger charge is 2.19. The van der Waals surface area contributed by atoms with E-state index in [1.54, 1.807) is 0 Å². The van der Waals surface area contributed by atoms with Gasteiger partial charge in [0.25, 0.3) is 0 Å². The number of ether oxygens (including phenoxy) is 5. The number of rotatable bonds is 44. The van der Waals surface area contributed by atoms with Gasteiger partial charge in [-0.15, -0.1) is 0 Å². The van der Waals surface area contributed by atoms with Crippen LogP contribution in [0.1, 0.15) is 207 Å². The molecule has 1 amide bonds. The number of allylic oxidation sites excluding steroid dienone is 5. The summed E-state index contributed by atoms with van der Waals surface area (Å²) in [6.45, 7) is 16.4. The lowest BCUT2D eigenvalue weighted by atomic mass is 10.1. The molecule has 1 unspecified atom stereocenters. The molecule has 1 saturated heterocycles. The van der Waals surface area contributed by atoms with Crippen molar-refractivity contribution >= 4 is 12.1 Å². The number of hydrogen-bond donors (Lipinski definition) is 1. The highest BCUT2D eigenvalue weighted by molar-refractivity contribution is 5.69. The summed E-state index contributed by atoms with van der Waals surface area (Å²) in [5, 5.41) is 2.87. The molecule has 0 aliphatic carbocycles. The van der Waals surface area contributed by atoms with E-state index in [4.69, 9.17) is 23.7 Å². The van der Waals surface area contributed by atoms with E-state index in [1.165, 1.54) is 109 Å². The third kappa shape index (κ3) is 37.4. The summed E-state index contributed by atoms with van der Waals surface area (Å²) < 4.78 is 29.6. The fraction of sp³-hybridized carbons (Fsp3) is 0.843. The van der Waals surface area contributed by atoms with Gasteiger partial charge in [0.1, 0.15) is 13.2 Å². The van der Waals surface area contributed by atoms with E-state index < -0.39 is 12.4 Å². The van der Waals surface area contributed by atoms with Crippen LogP contribution in [0.25, 0.3) is 0 Å². The first kappa shape index (κ1) is 55.7. The Kier molecular flexibility index (Phi) is 40.2. The molecule has 0 aromatic rings. The number of carbonyl (C=O) groups excluding carboxylic acids is 2. The monoisotopic (exact) mass is 847 g/mol. The van der Waals surface area contributed by atoms with Crippen LogP contribution in [0.4, 0.5) is 4.79 Å². The van der Waals surface area contributed by atoms with Crippen molar-refractivity contribution in [3.05, 3.63) is 36.6 Å². The maximum absolute atomic E-state index is 13.0. The molecule has 0 radical (unpaired) electrons. The van der Waals surface area contributed by atoms with Gasteiger partial charge in [-0.05, 0) is 90.3 Å². The zero-order valence-electron chi connectivity index (χ0n) is 39.3. The molecule has 0 aromatic heterocycles. The van der Waals surface area contributed by atoms with Crippen molar-refractivity contribution in [3.63, 3.8) is 0 Å². The van der Waals surface area contributed by atoms with Gasteiger partial charge in [-0.1, -0.05) is 148 Å². The molecule has 0 saturated carbocycles. The van der Waals surface area contributed by atoms with E-state index in [-0.39, 0.29) is 38.1 Å². The highest BCUT2D eigenvalue weighted by Crippen LogP contribution is 2.16. The lowest BCUT2D eigenvalue weighted by molar-refractivity contribution is -0.160. The van der Waals surface area contributed by atoms with Gasteiger partial charge in [0, 0.05) is 32.6 Å². The molecule has 0 aromatic carbocycles. The summed E-state index contributed by atoms with van der Waals surface area (Å²) in [4.78, 5) is 28.0. The molecular formula is C51H94N2O7. The second kappa shape index (κ2) is 43.3. The van der Waals surface area contributed by atoms with Gasteiger partial charge < -0.3 is 33.9 Å². The highest BCUT2D eigenvalue weighted by atomic mass is 16.7. The quantitative estimate of drug-likeness (QED) is 0.0213. The lowest BCUT2D eigenvalue weighted by Gasteiger charge is -2.20. The van der Waals surface area contributed by atoms with Crippen molar-refractivity contribution in [1.82, 2.24) is 10.2 Å². The summed E-state index contributed by atoms with van der Waals surface area (Å²) in [6.07, 6.45) is 40.6. The normalized spacial score (nSPS) is 13.8. The Bertz CT molecular complexity index is 1030. The molecule has 60 heavy (non-hydrogen) atoms. The number of alkyl carbamates (subject to hydrolysis) is 1. The zero-order valence-corrected chi connectivity index (χ0v) is 39.3. The Morgan fingerprint density at radius 1 is 0.600 bits per heavy atom. The average molecular weight is 847 g/mol. The summed E-state index contributed by atoms with van der Waals surface area (Å²) in [5.74, 6) is 0.0947. The second-order valence-corrected chi connectivity index (χ2v) is 17.1. The topological polar surface area (TPSA) is 95.6 Å². The molecule has 1 atom stereocenters. The van der Waals surface area contributed by atoms with Crippen LogP contribution in [0.5, 0.6) is 0 Å². The molecule has 1 rings (SSSR count). The Morgan fingerprint density at radius 3 is 1.75 bits per heavy atom. The van der Waals surface area contributed by atoms with Crippen molar-refractivity contribution in [2.45, 2.75) is 213 Å². The summed E-state index contributed by atoms with van der Waals surface area (Å²) in [7, 11) is 0. The maximum atomic E-state index is 13.0. The molecule has 0 spiro atoms. The Labute approximate surface area is 369 Å². The fourth-order valence-electron chi connectivity index (χ4n) is 7.26. The predicted molar refractivity (Wildman–Crippen MR) is 250 cm³/mol. The van der Waals surface area contributed by atoms with Gasteiger partial charge >= 0.3 is 12.1 Å². The van der Waals surface area contributed by atoms with Crippen LogP contribution < -0.4 is 5.32 Å². The van der Waals surface area contributed by atoms with E-state index in [9.17, 15) is 9.59 Å². The van der Waals surface area contributed by atoms with Gasteiger partial charge in [-0.3, -0.25) is 4.79 Å². The van der Waals surface area contributed by atoms with Crippen LogP contribution in [-0.2, 0) is 28.5 Å². The van der Waals surface area contributed by atoms with E-state index >= 15 is 0 Å². The maximum Gasteiger partial charge on any atom is 0.407 e. The lowest BCUT2D eigenvalue weighted by Crippen LogP contribution is -2.32. The number of unbranched alkanes of at least 4 members (excludes halogenated alkanes) is 18. The van der Waals surface area contributed by atoms with Crippen molar-refractivity contribution < 1.29 is 33.3 Å². The van der Waals surface area contributed by atoms with Crippen molar-refractivity contribution in [2.24, 2.45) is 5.92 Å². The number of carbonyl (C=O) groups is 2. The van der Waals surface area contributed by atoms with Gasteiger partial charge in [0.2, 0.25) is 0 Å². The second-order valence-electron chi connectivity index (χ2n) is 17.1. The minimum atomic E-state index is -0.454. The standard InChI is InChI=1S/C51H94N2O7/c1-5-8-11-14-17-18-19-20-21-22-23-24-25-26-29-35-47(4)58-44-48(46-60-51(55)52-38-34-41-53-39-30-31-40-53)45-59-49(54)36-37-50(56-42-32-27-15-12-9-6-2)57-43-33-28-16-13-10-7-3/h17-18,20-21,48,50H,4-16,19,22-46H2,1-3H3,(H,52,55)/b18-17-,21-20-. The van der Waals surface area contributed by atoms with Gasteiger partial charge in [-0.25, -0.2) is 4.79 Å². The summed E-state index contributed by atoms with van der Waals surface area (Å²) >= 11 is 0. The minimum Gasteiger partial charge on any atom is -0.498 e. The molecule has 1 aliphatic heterocycles. The number of nitrogens with one attached hydrogen (secondary N) is 1. The van der Waals surface area contributed by atoms with E-state index in [2.05, 4.69) is 61.9 Å². The smallest absolute Gasteiger partial charge is 0.407 e. The third-order valence-electron chi connectivity index (χ3n) is 11.2. The average Bonchev–Trinajstić information content (AvgIpc) is 3.78. The SMILES string of the molecule is C=C(CCCCCCC/C=C\C/C=C\CCCCC)OCC(COC(=O)CCC(OCCCCCCCC)OCCCCCCCC)COC(=O)NCCCN1CCCC1. The Balaban J connectivity index is 2.49. The molecule has 1 aliphatic rings. The number of likely N-dealkylation sites (tertiary alicyclic amines) is 1. The predicted octanol–water partition coefficient (Wildman–Crippen LogP) is 13.6. The molecule has 1 N–H and O–H groups in total. The van der Waals surface area contributed by atoms with Crippen molar-refractivity contribution in [3.8, 4) is 0 Å². The molecule has 1 heterocycles. The summed E-state index contributed by atoms with van der Waals surface area (Å²) in [5.41, 5.74) is 0. The molecule has 9 nitrogen and oxygen atoms in total. The number of esters is 1. The van der Waals surface area contributed by atoms with Crippen LogP contribution >= 0.6 is 0 Å². The largest absolute Gasteiger partial charge is 0.498 e. The van der Waals surface area contributed by atoms with Gasteiger partial charge in [-0.2, -0.15) is 0 Å². The first-order valence-corrected chi connectivity index (χ1v) is 25.1. The van der Waals surface area contributed by atoms with E-state index in [0.29, 0.717) is 26.2 Å². The van der Waals surface area contributed by atoms with Crippen molar-refractivity contribution in [1.29, 1.82) is 0 Å². The number of nitrogens with zero attached hydrogens (tertiary/aromatic N) is 1. The van der Waals surface area contributed by atoms with E-state index in [1.807, 2.05) is 0 Å². The van der Waals surface area contributed by atoms with Crippen LogP contribution in [0, 0.1) is 5.92 Å². The van der Waals surface area contributed by atoms with Crippen LogP contribution in [-0.4, -0.2) is 82.5 Å². The summed E-state index contributed by atoms with van der Waals surface area (Å²) in [6, 6.07) is 0. The molecule has 9 heteroatoms. The first-order chi connectivity index (χ1) is 29.5. The number of hydrogen-bond acceptors (Lipinski definition) is 8. The van der Waals surface area contributed by atoms with Gasteiger partial charge in [0.05, 0.1) is 24.7 Å². The first-order valence-electron chi connectivity index (χ1n) is 25.1. The van der Waals surface area contributed by atoms with Crippen molar-refractivity contribution in [2.75, 3.05) is 59.2 Å². The molecular weight excluding hydrogens is 753 g/mol.